The van der Waals surface area contributed by atoms with Crippen LogP contribution in [0.15, 0.2) is 0 Å². The van der Waals surface area contributed by atoms with Crippen LogP contribution in [0.1, 0.15) is 6.92 Å². The summed E-state index contributed by atoms with van der Waals surface area (Å²) in [6.45, 7) is 1.68. The van der Waals surface area contributed by atoms with Gasteiger partial charge in [0.25, 0.3) is 0 Å². The first-order valence-corrected chi connectivity index (χ1v) is 25.2. The lowest BCUT2D eigenvalue weighted by molar-refractivity contribution is 1.92. The van der Waals surface area contributed by atoms with Crippen LogP contribution in [-0.2, 0) is 0 Å². The van der Waals surface area contributed by atoms with Gasteiger partial charge in [-0.3, -0.25) is 5.92 Å². The number of hydrogen-bond donors (Lipinski definition) is 0. The van der Waals surface area contributed by atoms with Crippen LogP contribution in [0.4, 0.5) is 0 Å². The number of hydrogen-bond acceptors (Lipinski definition) is 0. The zero-order valence-electron chi connectivity index (χ0n) is 51.0. The first-order chi connectivity index (χ1) is 50.4. The van der Waals surface area contributed by atoms with E-state index in [-0.39, 0.29) is 0 Å². The van der Waals surface area contributed by atoms with Crippen molar-refractivity contribution in [1.82, 2.24) is 0 Å². The minimum absolute atomic E-state index is 1.68. The average Bonchev–Trinajstić information content (AvgIpc) is 3.68. The van der Waals surface area contributed by atoms with Gasteiger partial charge in [0.05, 0.1) is 0 Å². The van der Waals surface area contributed by atoms with Gasteiger partial charge < -0.3 is 6.42 Å². The summed E-state index contributed by atoms with van der Waals surface area (Å²) in [7, 11) is 0. The third-order valence-electron chi connectivity index (χ3n) is 6.19. The zero-order valence-corrected chi connectivity index (χ0v) is 51.0. The highest BCUT2D eigenvalue weighted by molar-refractivity contribution is 5.56. The van der Waals surface area contributed by atoms with Crippen molar-refractivity contribution in [2.24, 2.45) is 0 Å². The maximum absolute atomic E-state index is 6.59. The van der Waals surface area contributed by atoms with Gasteiger partial charge in [0.1, 0.15) is 0 Å². The summed E-state index contributed by atoms with van der Waals surface area (Å²) in [6.07, 6.45) is 6.59. The molecule has 0 aromatic heterocycles. The summed E-state index contributed by atoms with van der Waals surface area (Å²) in [6, 6.07) is 0. The molecule has 0 saturated heterocycles. The first-order valence-electron chi connectivity index (χ1n) is 25.2. The second kappa shape index (κ2) is 78.0. The highest BCUT2D eigenvalue weighted by Gasteiger charge is 1.67. The van der Waals surface area contributed by atoms with Gasteiger partial charge in [-0.05, 0) is 102 Å². The van der Waals surface area contributed by atoms with E-state index in [9.17, 15) is 0 Å². The third kappa shape index (κ3) is 78.0. The summed E-state index contributed by atoms with van der Waals surface area (Å²) in [5.74, 6) is 246. The molecule has 0 saturated carbocycles. The molecule has 0 aromatic carbocycles. The fourth-order valence-corrected chi connectivity index (χ4v) is 3.06. The summed E-state index contributed by atoms with van der Waals surface area (Å²) in [5.41, 5.74) is 0. The van der Waals surface area contributed by atoms with Crippen LogP contribution in [0, 0.1) is 593 Å². The largest absolute Gasteiger partial charge is 0.358 e. The Kier molecular flexibility index (Phi) is 61.0. The average molecular weight is 1220 g/mol. The molecule has 0 heteroatoms. The molecule has 101 heavy (non-hydrogen) atoms. The van der Waals surface area contributed by atoms with Crippen molar-refractivity contribution >= 4 is 0 Å². The van der Waals surface area contributed by atoms with Crippen molar-refractivity contribution < 1.29 is 0 Å². The van der Waals surface area contributed by atoms with E-state index in [2.05, 4.69) is 580 Å². The Morgan fingerprint density at radius 2 is 0.129 bits per heavy atom. The maximum Gasteiger partial charge on any atom is 0 e. The molecule has 0 fully saturated rings. The van der Waals surface area contributed by atoms with Crippen LogP contribution in [0.5, 0.6) is 0 Å². The quantitative estimate of drug-likeness (QED) is 0.249. The standard InChI is InChI=1S/C101H3/c1-3-5-7-9-11-13-15-17-19-21-23-25-27-29-31-33-35-37-39-41-43-45-47-49-51-53-55-57-59-61-63-65-67-69-71-73-75-77-79-81-83-85-87-89-91-93-95-97-99-101-100-98-96-94-92-90-88-86-84-82-80-78-76-74-72-70-68-66-64-62-60-58-56-54-52-50-48-46-44-42-40-38-36-34-32-30-28-26-24-22-20-18-16-14-12-10-8-6-4-2/h1H3/q-1. The highest BCUT2D eigenvalue weighted by atomic mass is 13.7. The molecule has 0 spiro atoms. The van der Waals surface area contributed by atoms with Crippen molar-refractivity contribution in [3.8, 4) is 586 Å². The van der Waals surface area contributed by atoms with E-state index in [1.165, 1.54) is 0 Å². The molecule has 0 N–H and O–H groups in total. The van der Waals surface area contributed by atoms with Crippen molar-refractivity contribution in [2.45, 2.75) is 6.92 Å². The van der Waals surface area contributed by atoms with E-state index in [0.717, 1.165) is 0 Å². The Morgan fingerprint density at radius 3 is 0.178 bits per heavy atom. The lowest BCUT2D eigenvalue weighted by atomic mass is 10.4. The van der Waals surface area contributed by atoms with Crippen molar-refractivity contribution in [3.05, 3.63) is 6.42 Å². The summed E-state index contributed by atoms with van der Waals surface area (Å²) < 4.78 is 0. The molecule has 0 aliphatic rings. The molecular formula is C101H3-. The van der Waals surface area contributed by atoms with E-state index in [1.807, 2.05) is 5.92 Å². The van der Waals surface area contributed by atoms with Crippen LogP contribution < -0.4 is 0 Å². The van der Waals surface area contributed by atoms with E-state index in [0.29, 0.717) is 0 Å². The zero-order chi connectivity index (χ0) is 72.0. The maximum atomic E-state index is 6.59. The fraction of sp³-hybridized carbons (Fsp3) is 0.00990. The molecule has 0 heterocycles. The Bertz CT molecular complexity index is 7160. The van der Waals surface area contributed by atoms with Crippen molar-refractivity contribution in [3.63, 3.8) is 0 Å². The minimum atomic E-state index is 1.68. The lowest BCUT2D eigenvalue weighted by Crippen LogP contribution is -1.57. The predicted molar refractivity (Wildman–Crippen MR) is 394 cm³/mol. The van der Waals surface area contributed by atoms with Gasteiger partial charge in [-0.1, -0.05) is 5.92 Å². The highest BCUT2D eigenvalue weighted by Crippen LogP contribution is 1.67. The predicted octanol–water partition coefficient (Wildman–Crippen LogP) is 0.763. The van der Waals surface area contributed by atoms with Crippen LogP contribution in [0.25, 0.3) is 0 Å². The normalized spacial score (nSPS) is 3.96. The monoisotopic (exact) mass is 1220 g/mol. The smallest absolute Gasteiger partial charge is 0 e. The Labute approximate surface area is 595 Å². The summed E-state index contributed by atoms with van der Waals surface area (Å²) in [4.78, 5) is 0. The molecule has 0 amide bonds. The van der Waals surface area contributed by atoms with Crippen LogP contribution in [0.2, 0.25) is 0 Å². The second-order valence-corrected chi connectivity index (χ2v) is 12.5. The Morgan fingerprint density at radius 1 is 0.0792 bits per heavy atom. The lowest BCUT2D eigenvalue weighted by Gasteiger charge is -1.63. The molecule has 0 nitrogen and oxygen atoms in total. The molecule has 0 bridgehead atoms. The molecule has 0 rings (SSSR count). The van der Waals surface area contributed by atoms with Gasteiger partial charge in [0.2, 0.25) is 0 Å². The third-order valence-corrected chi connectivity index (χ3v) is 6.19. The van der Waals surface area contributed by atoms with Crippen LogP contribution in [0.3, 0.4) is 0 Å². The Hall–Kier alpha value is -22.0. The van der Waals surface area contributed by atoms with E-state index in [1.54, 1.807) is 6.92 Å². The van der Waals surface area contributed by atoms with Crippen molar-refractivity contribution in [2.75, 3.05) is 0 Å². The fourth-order valence-electron chi connectivity index (χ4n) is 3.06. The van der Waals surface area contributed by atoms with Crippen molar-refractivity contribution in [1.29, 1.82) is 0 Å². The molecule has 0 aromatic rings. The van der Waals surface area contributed by atoms with Crippen LogP contribution in [-0.4, -0.2) is 0 Å². The van der Waals surface area contributed by atoms with Gasteiger partial charge >= 0.3 is 0 Å². The summed E-state index contributed by atoms with van der Waals surface area (Å²) >= 11 is 0. The Balaban J connectivity index is 4.64. The molecule has 408 valence electrons. The van der Waals surface area contributed by atoms with Gasteiger partial charge in [0.15, 0.2) is 0 Å². The SMILES string of the molecule is [C-]#CC#CC#CC#CC#CC#CC#CC#CC#CC#CC#CC#CC#CC#CC#CC#CC#CC#CC#CC#CC#CC#CC#CC#CC#CC#CC#CC#CC#CC#CC#CC#CC#CC#CC#CC#CC#CC#CC#CC#CC#CC#CC#CC#CC#CC#CC#CC#CC#CC#CC. The molecule has 0 unspecified atom stereocenters. The summed E-state index contributed by atoms with van der Waals surface area (Å²) in [5, 5.41) is 0. The number of rotatable bonds is 0. The molecular weight excluding hydrogens is 1210 g/mol. The second-order valence-electron chi connectivity index (χ2n) is 12.5. The molecule has 0 atom stereocenters. The van der Waals surface area contributed by atoms with Gasteiger partial charge in [-0.15, -0.1) is 5.92 Å². The molecule has 0 radical (unpaired) electrons. The van der Waals surface area contributed by atoms with Gasteiger partial charge in [0, 0.05) is 468 Å². The minimum Gasteiger partial charge on any atom is -0.358 e. The van der Waals surface area contributed by atoms with Gasteiger partial charge in [-0.2, -0.15) is 0 Å². The topological polar surface area (TPSA) is 0 Å². The van der Waals surface area contributed by atoms with Crippen LogP contribution >= 0.6 is 0 Å². The molecule has 0 aliphatic heterocycles. The van der Waals surface area contributed by atoms with E-state index >= 15 is 0 Å². The van der Waals surface area contributed by atoms with E-state index in [4.69, 9.17) is 6.42 Å². The van der Waals surface area contributed by atoms with E-state index < -0.39 is 0 Å². The first kappa shape index (κ1) is 79.0. The molecule has 0 aliphatic carbocycles. The van der Waals surface area contributed by atoms with Gasteiger partial charge in [-0.25, -0.2) is 5.92 Å².